The van der Waals surface area contributed by atoms with Gasteiger partial charge in [-0.25, -0.2) is 18.7 Å². The Morgan fingerprint density at radius 1 is 0.952 bits per heavy atom. The van der Waals surface area contributed by atoms with E-state index in [9.17, 15) is 19.0 Å². The molecule has 0 unspecified atom stereocenters. The molecule has 3 aromatic carbocycles. The van der Waals surface area contributed by atoms with Crippen molar-refractivity contribution in [2.45, 2.75) is 38.7 Å². The molecule has 1 aliphatic carbocycles. The number of benzene rings is 3. The molecule has 2 N–H and O–H groups in total. The van der Waals surface area contributed by atoms with Gasteiger partial charge in [0.1, 0.15) is 24.1 Å². The van der Waals surface area contributed by atoms with Gasteiger partial charge in [0.2, 0.25) is 5.88 Å². The van der Waals surface area contributed by atoms with Crippen LogP contribution < -0.4 is 4.74 Å². The maximum Gasteiger partial charge on any atom is 0.214 e. The summed E-state index contributed by atoms with van der Waals surface area (Å²) >= 11 is 5.81. The minimum Gasteiger partial charge on any atom is -0.473 e. The van der Waals surface area contributed by atoms with Crippen LogP contribution in [-0.4, -0.2) is 31.4 Å². The molecule has 216 valence electrons. The molecule has 1 aliphatic rings. The number of hydrogen-bond acceptors (Lipinski definition) is 5. The zero-order valence-corrected chi connectivity index (χ0v) is 23.2. The molecule has 2 aromatic heterocycles. The highest BCUT2D eigenvalue weighted by Crippen LogP contribution is 2.48. The number of aliphatic hydroxyl groups excluding tert-OH is 1. The average molecular weight is 594 g/mol. The van der Waals surface area contributed by atoms with Crippen LogP contribution in [0.15, 0.2) is 72.8 Å². The molecule has 0 atom stereocenters. The maximum atomic E-state index is 15.4. The number of nitrogens with zero attached hydrogens (tertiary/aromatic N) is 3. The van der Waals surface area contributed by atoms with Crippen molar-refractivity contribution in [3.63, 3.8) is 0 Å². The van der Waals surface area contributed by atoms with Crippen LogP contribution in [0.2, 0.25) is 5.02 Å². The second-order valence-electron chi connectivity index (χ2n) is 10.7. The number of halogens is 4. The lowest BCUT2D eigenvalue weighted by Crippen LogP contribution is -2.16. The van der Waals surface area contributed by atoms with Crippen molar-refractivity contribution < 1.29 is 28.1 Å². The summed E-state index contributed by atoms with van der Waals surface area (Å²) < 4.78 is 50.9. The molecule has 10 heteroatoms. The van der Waals surface area contributed by atoms with Gasteiger partial charge in [-0.2, -0.15) is 0 Å². The summed E-state index contributed by atoms with van der Waals surface area (Å²) in [6, 6.07) is 19.0. The van der Waals surface area contributed by atoms with Crippen LogP contribution >= 0.6 is 11.6 Å². The summed E-state index contributed by atoms with van der Waals surface area (Å²) in [4.78, 5) is 9.12. The molecule has 2 heterocycles. The Bertz CT molecular complexity index is 1770. The van der Waals surface area contributed by atoms with E-state index in [1.54, 1.807) is 54.6 Å². The third kappa shape index (κ3) is 5.86. The van der Waals surface area contributed by atoms with Crippen molar-refractivity contribution in [3.05, 3.63) is 112 Å². The van der Waals surface area contributed by atoms with E-state index < -0.39 is 30.0 Å². The molecule has 1 saturated carbocycles. The van der Waals surface area contributed by atoms with Gasteiger partial charge in [0.25, 0.3) is 0 Å². The van der Waals surface area contributed by atoms with Crippen molar-refractivity contribution in [1.29, 1.82) is 0 Å². The summed E-state index contributed by atoms with van der Waals surface area (Å²) in [5.74, 6) is -0.133. The van der Waals surface area contributed by atoms with Crippen LogP contribution in [0.5, 0.6) is 5.88 Å². The van der Waals surface area contributed by atoms with Gasteiger partial charge in [0, 0.05) is 46.2 Å². The number of hydrogen-bond donors (Lipinski definition) is 2. The number of rotatable bonds is 10. The lowest BCUT2D eigenvalue weighted by molar-refractivity contribution is -0.0424. The summed E-state index contributed by atoms with van der Waals surface area (Å²) in [5, 5.41) is 19.6. The third-order valence-corrected chi connectivity index (χ3v) is 7.90. The number of fused-ring (bicyclic) bond motifs is 1. The molecule has 6 rings (SSSR count). The first kappa shape index (κ1) is 28.2. The van der Waals surface area contributed by atoms with Gasteiger partial charge in [0.05, 0.1) is 23.4 Å². The summed E-state index contributed by atoms with van der Waals surface area (Å²) in [6.45, 7) is -0.121. The summed E-state index contributed by atoms with van der Waals surface area (Å²) in [7, 11) is 0. The molecule has 0 bridgehead atoms. The first-order valence-electron chi connectivity index (χ1n) is 13.5. The van der Waals surface area contributed by atoms with Gasteiger partial charge >= 0.3 is 0 Å². The Hall–Kier alpha value is -3.92. The van der Waals surface area contributed by atoms with Crippen molar-refractivity contribution >= 4 is 22.6 Å². The predicted octanol–water partition coefficient (Wildman–Crippen LogP) is 6.93. The molecular weight excluding hydrogens is 567 g/mol. The van der Waals surface area contributed by atoms with E-state index in [-0.39, 0.29) is 29.5 Å². The SMILES string of the molecule is OC(O)c1ccc2nc(Cc3ccc(-c4cccc(OCc5ccc(Cl)cc5F)n4)c(F)c3)n(CC3(CF)CC3)c2c1. The van der Waals surface area contributed by atoms with E-state index in [0.29, 0.717) is 45.8 Å². The van der Waals surface area contributed by atoms with E-state index in [1.807, 2.05) is 4.57 Å². The molecule has 6 nitrogen and oxygen atoms in total. The summed E-state index contributed by atoms with van der Waals surface area (Å²) in [6.07, 6.45) is 0.168. The Labute approximate surface area is 245 Å². The van der Waals surface area contributed by atoms with E-state index in [1.165, 1.54) is 18.2 Å². The molecule has 0 radical (unpaired) electrons. The smallest absolute Gasteiger partial charge is 0.214 e. The number of imidazole rings is 1. The van der Waals surface area contributed by atoms with Crippen LogP contribution in [0.25, 0.3) is 22.3 Å². The topological polar surface area (TPSA) is 80.4 Å². The Kier molecular flexibility index (Phi) is 7.66. The van der Waals surface area contributed by atoms with Gasteiger partial charge in [-0.3, -0.25) is 4.39 Å². The van der Waals surface area contributed by atoms with E-state index in [4.69, 9.17) is 21.3 Å². The third-order valence-electron chi connectivity index (χ3n) is 7.67. The van der Waals surface area contributed by atoms with Crippen LogP contribution in [0.4, 0.5) is 13.2 Å². The second-order valence-corrected chi connectivity index (χ2v) is 11.2. The quantitative estimate of drug-likeness (QED) is 0.172. The van der Waals surface area contributed by atoms with Gasteiger partial charge in [-0.05, 0) is 60.9 Å². The molecule has 0 aliphatic heterocycles. The van der Waals surface area contributed by atoms with Gasteiger partial charge in [0.15, 0.2) is 6.29 Å². The van der Waals surface area contributed by atoms with Crippen molar-refractivity contribution in [3.8, 4) is 17.1 Å². The zero-order valence-electron chi connectivity index (χ0n) is 22.4. The Morgan fingerprint density at radius 3 is 2.50 bits per heavy atom. The monoisotopic (exact) mass is 593 g/mol. The second kappa shape index (κ2) is 11.4. The van der Waals surface area contributed by atoms with Crippen LogP contribution in [0, 0.1) is 17.0 Å². The fourth-order valence-corrected chi connectivity index (χ4v) is 5.16. The number of aliphatic hydroxyl groups is 2. The van der Waals surface area contributed by atoms with Crippen LogP contribution in [-0.2, 0) is 19.6 Å². The largest absolute Gasteiger partial charge is 0.473 e. The molecule has 1 fully saturated rings. The van der Waals surface area contributed by atoms with Gasteiger partial charge in [-0.1, -0.05) is 35.9 Å². The van der Waals surface area contributed by atoms with Gasteiger partial charge in [-0.15, -0.1) is 0 Å². The molecule has 0 amide bonds. The van der Waals surface area contributed by atoms with E-state index >= 15 is 4.39 Å². The summed E-state index contributed by atoms with van der Waals surface area (Å²) in [5.41, 5.74) is 2.77. The standard InChI is InChI=1S/C32H27ClF3N3O3/c33-22-7-5-21(24(35)15-22)16-42-30-3-1-2-26(38-30)23-8-4-19(12-25(23)36)13-29-37-27-9-6-20(31(40)41)14-28(27)39(29)18-32(17-34)10-11-32/h1-9,12,14-15,31,40-41H,10-11,13,16-18H2. The maximum absolute atomic E-state index is 15.4. The molecule has 42 heavy (non-hydrogen) atoms. The highest BCUT2D eigenvalue weighted by molar-refractivity contribution is 6.30. The van der Waals surface area contributed by atoms with Crippen molar-refractivity contribution in [2.75, 3.05) is 6.67 Å². The minimum absolute atomic E-state index is 0.0652. The fraction of sp³-hybridized carbons (Fsp3) is 0.250. The number of alkyl halides is 1. The van der Waals surface area contributed by atoms with Crippen LogP contribution in [0.1, 0.15) is 41.6 Å². The van der Waals surface area contributed by atoms with Crippen molar-refractivity contribution in [2.24, 2.45) is 5.41 Å². The molecular formula is C32H27ClF3N3O3. The van der Waals surface area contributed by atoms with E-state index in [0.717, 1.165) is 12.8 Å². The van der Waals surface area contributed by atoms with Crippen molar-refractivity contribution in [1.82, 2.24) is 14.5 Å². The van der Waals surface area contributed by atoms with Crippen LogP contribution in [0.3, 0.4) is 0 Å². The Morgan fingerprint density at radius 2 is 1.79 bits per heavy atom. The number of ether oxygens (including phenoxy) is 1. The average Bonchev–Trinajstić information content (AvgIpc) is 3.68. The first-order chi connectivity index (χ1) is 20.2. The lowest BCUT2D eigenvalue weighted by Gasteiger charge is -2.16. The highest BCUT2D eigenvalue weighted by atomic mass is 35.5. The Balaban J connectivity index is 1.25. The number of pyridine rings is 1. The highest BCUT2D eigenvalue weighted by Gasteiger charge is 2.43. The minimum atomic E-state index is -1.64. The lowest BCUT2D eigenvalue weighted by atomic mass is 10.0. The molecule has 0 spiro atoms. The van der Waals surface area contributed by atoms with E-state index in [2.05, 4.69) is 4.98 Å². The predicted molar refractivity (Wildman–Crippen MR) is 153 cm³/mol. The molecule has 5 aromatic rings. The number of aromatic nitrogens is 3. The first-order valence-corrected chi connectivity index (χ1v) is 13.9. The fourth-order valence-electron chi connectivity index (χ4n) is 5.00. The normalized spacial score (nSPS) is 14.1. The molecule has 0 saturated heterocycles. The van der Waals surface area contributed by atoms with Gasteiger partial charge < -0.3 is 19.5 Å². The zero-order chi connectivity index (χ0) is 29.4.